The van der Waals surface area contributed by atoms with Crippen LogP contribution in [0.1, 0.15) is 46.4 Å². The molecule has 1 aliphatic carbocycles. The molecular weight excluding hydrogens is 286 g/mol. The van der Waals surface area contributed by atoms with Crippen LogP contribution in [0.5, 0.6) is 0 Å². The molecule has 2 amide bonds. The molecule has 116 valence electrons. The van der Waals surface area contributed by atoms with Crippen molar-refractivity contribution >= 4 is 17.8 Å². The van der Waals surface area contributed by atoms with E-state index in [0.29, 0.717) is 17.9 Å². The Morgan fingerprint density at radius 1 is 1.14 bits per heavy atom. The van der Waals surface area contributed by atoms with Crippen LogP contribution in [-0.2, 0) is 14.4 Å². The third-order valence-corrected chi connectivity index (χ3v) is 4.23. The van der Waals surface area contributed by atoms with Gasteiger partial charge in [-0.3, -0.25) is 9.59 Å². The van der Waals surface area contributed by atoms with E-state index in [1.807, 2.05) is 0 Å². The molecule has 1 aliphatic heterocycles. The number of benzene rings is 1. The van der Waals surface area contributed by atoms with Gasteiger partial charge in [-0.25, -0.2) is 4.79 Å². The summed E-state index contributed by atoms with van der Waals surface area (Å²) in [6.45, 7) is 0. The Kier molecular flexibility index (Phi) is 3.94. The quantitative estimate of drug-likeness (QED) is 0.798. The number of methoxy groups -OCH3 is 1. The SMILES string of the molecule is COC1CCCC(C(=O)ON2C(=O)c3ccccc3C2=O)C1. The highest BCUT2D eigenvalue weighted by molar-refractivity contribution is 6.20. The Bertz CT molecular complexity index is 592. The second kappa shape index (κ2) is 5.88. The highest BCUT2D eigenvalue weighted by Crippen LogP contribution is 2.29. The van der Waals surface area contributed by atoms with Crippen LogP contribution in [0.4, 0.5) is 0 Å². The lowest BCUT2D eigenvalue weighted by Gasteiger charge is -2.27. The Balaban J connectivity index is 1.70. The molecule has 0 N–H and O–H groups in total. The average molecular weight is 303 g/mol. The summed E-state index contributed by atoms with van der Waals surface area (Å²) in [6, 6.07) is 6.43. The fourth-order valence-electron chi connectivity index (χ4n) is 2.99. The molecule has 0 radical (unpaired) electrons. The minimum Gasteiger partial charge on any atom is -0.381 e. The number of amides is 2. The Labute approximate surface area is 127 Å². The molecule has 2 atom stereocenters. The highest BCUT2D eigenvalue weighted by atomic mass is 16.7. The van der Waals surface area contributed by atoms with Crippen molar-refractivity contribution in [1.29, 1.82) is 0 Å². The van der Waals surface area contributed by atoms with Gasteiger partial charge in [-0.05, 0) is 31.4 Å². The zero-order chi connectivity index (χ0) is 15.7. The highest BCUT2D eigenvalue weighted by Gasteiger charge is 2.40. The summed E-state index contributed by atoms with van der Waals surface area (Å²) in [5, 5.41) is 0.573. The molecular formula is C16H17NO5. The van der Waals surface area contributed by atoms with Crippen LogP contribution in [0.25, 0.3) is 0 Å². The fourth-order valence-corrected chi connectivity index (χ4v) is 2.99. The molecule has 2 unspecified atom stereocenters. The first kappa shape index (κ1) is 14.7. The molecule has 0 saturated heterocycles. The molecule has 1 saturated carbocycles. The van der Waals surface area contributed by atoms with Crippen LogP contribution in [0, 0.1) is 5.92 Å². The standard InChI is InChI=1S/C16H17NO5/c1-21-11-6-4-5-10(9-11)16(20)22-17-14(18)12-7-2-3-8-13(12)15(17)19/h2-3,7-8,10-11H,4-6,9H2,1H3. The van der Waals surface area contributed by atoms with Gasteiger partial charge in [0.1, 0.15) is 0 Å². The second-order valence-electron chi connectivity index (χ2n) is 5.58. The molecule has 1 aromatic rings. The number of hydrogen-bond acceptors (Lipinski definition) is 5. The van der Waals surface area contributed by atoms with E-state index in [4.69, 9.17) is 9.57 Å². The number of rotatable bonds is 3. The predicted molar refractivity (Wildman–Crippen MR) is 75.8 cm³/mol. The topological polar surface area (TPSA) is 72.9 Å². The van der Waals surface area contributed by atoms with E-state index in [1.54, 1.807) is 31.4 Å². The van der Waals surface area contributed by atoms with E-state index in [0.717, 1.165) is 12.8 Å². The molecule has 0 aromatic heterocycles. The van der Waals surface area contributed by atoms with Gasteiger partial charge >= 0.3 is 5.97 Å². The lowest BCUT2D eigenvalue weighted by Crippen LogP contribution is -2.37. The zero-order valence-electron chi connectivity index (χ0n) is 12.3. The molecule has 0 spiro atoms. The van der Waals surface area contributed by atoms with Crippen molar-refractivity contribution in [3.63, 3.8) is 0 Å². The summed E-state index contributed by atoms with van der Waals surface area (Å²) in [6.07, 6.45) is 3.03. The third kappa shape index (κ3) is 2.50. The van der Waals surface area contributed by atoms with Gasteiger partial charge in [0.15, 0.2) is 0 Å². The van der Waals surface area contributed by atoms with Gasteiger partial charge in [-0.15, -0.1) is 0 Å². The van der Waals surface area contributed by atoms with Crippen molar-refractivity contribution in [2.75, 3.05) is 7.11 Å². The summed E-state index contributed by atoms with van der Waals surface area (Å²) in [7, 11) is 1.61. The third-order valence-electron chi connectivity index (χ3n) is 4.23. The van der Waals surface area contributed by atoms with Gasteiger partial charge < -0.3 is 9.57 Å². The summed E-state index contributed by atoms with van der Waals surface area (Å²) in [5.41, 5.74) is 0.525. The van der Waals surface area contributed by atoms with Gasteiger partial charge in [-0.2, -0.15) is 0 Å². The van der Waals surface area contributed by atoms with E-state index in [-0.39, 0.29) is 23.1 Å². The first-order valence-electron chi connectivity index (χ1n) is 7.34. The zero-order valence-corrected chi connectivity index (χ0v) is 12.3. The first-order chi connectivity index (χ1) is 10.6. The van der Waals surface area contributed by atoms with E-state index >= 15 is 0 Å². The smallest absolute Gasteiger partial charge is 0.336 e. The van der Waals surface area contributed by atoms with Crippen molar-refractivity contribution in [3.8, 4) is 0 Å². The molecule has 22 heavy (non-hydrogen) atoms. The van der Waals surface area contributed by atoms with Crippen LogP contribution in [0.3, 0.4) is 0 Å². The van der Waals surface area contributed by atoms with Gasteiger partial charge in [0, 0.05) is 7.11 Å². The Morgan fingerprint density at radius 2 is 1.77 bits per heavy atom. The maximum atomic E-state index is 12.2. The van der Waals surface area contributed by atoms with E-state index < -0.39 is 17.8 Å². The normalized spacial score (nSPS) is 24.3. The largest absolute Gasteiger partial charge is 0.381 e. The minimum atomic E-state index is -0.590. The van der Waals surface area contributed by atoms with Crippen molar-refractivity contribution in [2.45, 2.75) is 31.8 Å². The predicted octanol–water partition coefficient (Wildman–Crippen LogP) is 1.95. The molecule has 1 aromatic carbocycles. The van der Waals surface area contributed by atoms with Gasteiger partial charge in [0.05, 0.1) is 23.1 Å². The lowest BCUT2D eigenvalue weighted by atomic mass is 9.87. The van der Waals surface area contributed by atoms with Crippen LogP contribution in [0.15, 0.2) is 24.3 Å². The fraction of sp³-hybridized carbons (Fsp3) is 0.438. The monoisotopic (exact) mass is 303 g/mol. The lowest BCUT2D eigenvalue weighted by molar-refractivity contribution is -0.176. The molecule has 1 heterocycles. The molecule has 6 heteroatoms. The molecule has 6 nitrogen and oxygen atoms in total. The summed E-state index contributed by atoms with van der Waals surface area (Å²) >= 11 is 0. The van der Waals surface area contributed by atoms with Gasteiger partial charge in [-0.1, -0.05) is 23.6 Å². The summed E-state index contributed by atoms with van der Waals surface area (Å²) < 4.78 is 5.28. The maximum Gasteiger partial charge on any atom is 0.336 e. The van der Waals surface area contributed by atoms with E-state index in [1.165, 1.54) is 0 Å². The average Bonchev–Trinajstić information content (AvgIpc) is 2.80. The molecule has 0 bridgehead atoms. The summed E-state index contributed by atoms with van der Waals surface area (Å²) in [5.74, 6) is -2.07. The van der Waals surface area contributed by atoms with Crippen molar-refractivity contribution in [2.24, 2.45) is 5.92 Å². The van der Waals surface area contributed by atoms with Crippen LogP contribution >= 0.6 is 0 Å². The Morgan fingerprint density at radius 3 is 2.36 bits per heavy atom. The number of nitrogens with zero attached hydrogens (tertiary/aromatic N) is 1. The number of carbonyl (C=O) groups is 3. The second-order valence-corrected chi connectivity index (χ2v) is 5.58. The number of hydrogen-bond donors (Lipinski definition) is 0. The number of ether oxygens (including phenoxy) is 1. The summed E-state index contributed by atoms with van der Waals surface area (Å²) in [4.78, 5) is 41.6. The van der Waals surface area contributed by atoms with Crippen LogP contribution in [-0.4, -0.2) is 36.1 Å². The van der Waals surface area contributed by atoms with Gasteiger partial charge in [0.25, 0.3) is 11.8 Å². The van der Waals surface area contributed by atoms with Crippen LogP contribution in [0.2, 0.25) is 0 Å². The number of imide groups is 1. The van der Waals surface area contributed by atoms with E-state index in [2.05, 4.69) is 0 Å². The van der Waals surface area contributed by atoms with Gasteiger partial charge in [0.2, 0.25) is 0 Å². The van der Waals surface area contributed by atoms with Crippen molar-refractivity contribution in [3.05, 3.63) is 35.4 Å². The van der Waals surface area contributed by atoms with Crippen molar-refractivity contribution < 1.29 is 24.0 Å². The van der Waals surface area contributed by atoms with E-state index in [9.17, 15) is 14.4 Å². The maximum absolute atomic E-state index is 12.2. The van der Waals surface area contributed by atoms with Crippen molar-refractivity contribution in [1.82, 2.24) is 5.06 Å². The van der Waals surface area contributed by atoms with Crippen LogP contribution < -0.4 is 0 Å². The Hall–Kier alpha value is -2.21. The minimum absolute atomic E-state index is 0.0217. The number of fused-ring (bicyclic) bond motifs is 1. The molecule has 1 fully saturated rings. The number of hydroxylamine groups is 2. The first-order valence-corrected chi connectivity index (χ1v) is 7.34. The number of carbonyl (C=O) groups excluding carboxylic acids is 3. The molecule has 2 aliphatic rings. The molecule has 3 rings (SSSR count).